The molecule has 0 aliphatic carbocycles. The molecule has 1 rings (SSSR count). The van der Waals surface area contributed by atoms with E-state index in [0.29, 0.717) is 15.6 Å². The van der Waals surface area contributed by atoms with Crippen LogP contribution in [0.15, 0.2) is 18.2 Å². The fraction of sp³-hybridized carbons (Fsp3) is 0.364. The minimum absolute atomic E-state index is 0.376. The Morgan fingerprint density at radius 2 is 2.06 bits per heavy atom. The lowest BCUT2D eigenvalue weighted by Gasteiger charge is -2.23. The van der Waals surface area contributed by atoms with Gasteiger partial charge in [0.05, 0.1) is 10.0 Å². The first kappa shape index (κ1) is 14.1. The molecule has 2 unspecified atom stereocenters. The molecular weight excluding hydrogens is 265 g/mol. The number of primary amides is 1. The van der Waals surface area contributed by atoms with E-state index >= 15 is 0 Å². The Labute approximate surface area is 110 Å². The molecule has 0 aliphatic heterocycles. The summed E-state index contributed by atoms with van der Waals surface area (Å²) in [6, 6.07) is 5.16. The third-order valence-electron chi connectivity index (χ3n) is 2.27. The molecule has 0 heterocycles. The Morgan fingerprint density at radius 1 is 1.41 bits per heavy atom. The molecule has 1 aromatic carbocycles. The van der Waals surface area contributed by atoms with Crippen molar-refractivity contribution in [2.45, 2.75) is 19.1 Å². The molecule has 0 spiro atoms. The number of halogens is 2. The highest BCUT2D eigenvalue weighted by atomic mass is 35.5. The van der Waals surface area contributed by atoms with Crippen LogP contribution in [0.3, 0.4) is 0 Å². The van der Waals surface area contributed by atoms with Crippen LogP contribution in [0.25, 0.3) is 0 Å². The van der Waals surface area contributed by atoms with Crippen LogP contribution in [-0.2, 0) is 9.47 Å². The van der Waals surface area contributed by atoms with Crippen LogP contribution in [-0.4, -0.2) is 19.3 Å². The van der Waals surface area contributed by atoms with Gasteiger partial charge in [-0.3, -0.25) is 0 Å². The zero-order chi connectivity index (χ0) is 13.0. The molecule has 4 nitrogen and oxygen atoms in total. The lowest BCUT2D eigenvalue weighted by Crippen LogP contribution is -2.27. The molecule has 0 saturated carbocycles. The van der Waals surface area contributed by atoms with Crippen LogP contribution >= 0.6 is 23.2 Å². The van der Waals surface area contributed by atoms with Crippen LogP contribution in [0.1, 0.15) is 18.6 Å². The number of methoxy groups -OCH3 is 1. The molecule has 94 valence electrons. The Hall–Kier alpha value is -0.970. The van der Waals surface area contributed by atoms with E-state index in [4.69, 9.17) is 38.4 Å². The first-order valence-corrected chi connectivity index (χ1v) is 5.65. The Morgan fingerprint density at radius 3 is 2.59 bits per heavy atom. The largest absolute Gasteiger partial charge is 0.444 e. The van der Waals surface area contributed by atoms with E-state index in [-0.39, 0.29) is 0 Å². The third kappa shape index (κ3) is 3.49. The molecule has 17 heavy (non-hydrogen) atoms. The number of hydrogen-bond donors (Lipinski definition) is 1. The first-order valence-electron chi connectivity index (χ1n) is 4.90. The molecule has 1 aromatic rings. The minimum atomic E-state index is -0.863. The SMILES string of the molecule is COC(c1cccc(Cl)c1Cl)C(C)OC(N)=O. The van der Waals surface area contributed by atoms with Gasteiger partial charge in [-0.1, -0.05) is 35.3 Å². The average Bonchev–Trinajstić information content (AvgIpc) is 2.24. The van der Waals surface area contributed by atoms with Crippen molar-refractivity contribution in [2.75, 3.05) is 7.11 Å². The predicted octanol–water partition coefficient (Wildman–Crippen LogP) is 3.16. The second kappa shape index (κ2) is 6.10. The summed E-state index contributed by atoms with van der Waals surface area (Å²) < 4.78 is 10.1. The lowest BCUT2D eigenvalue weighted by molar-refractivity contribution is -0.0120. The molecular formula is C11H13Cl2NO3. The van der Waals surface area contributed by atoms with Crippen molar-refractivity contribution in [1.29, 1.82) is 0 Å². The lowest BCUT2D eigenvalue weighted by atomic mass is 10.1. The summed E-state index contributed by atoms with van der Waals surface area (Å²) in [5.74, 6) is 0. The van der Waals surface area contributed by atoms with Gasteiger partial charge in [-0.05, 0) is 13.0 Å². The van der Waals surface area contributed by atoms with Gasteiger partial charge in [0.25, 0.3) is 0 Å². The normalized spacial score (nSPS) is 14.1. The van der Waals surface area contributed by atoms with Gasteiger partial charge < -0.3 is 15.2 Å². The second-order valence-corrected chi connectivity index (χ2v) is 4.23. The molecule has 0 fully saturated rings. The van der Waals surface area contributed by atoms with Crippen molar-refractivity contribution in [1.82, 2.24) is 0 Å². The molecule has 2 N–H and O–H groups in total. The van der Waals surface area contributed by atoms with E-state index in [1.807, 2.05) is 0 Å². The molecule has 0 bridgehead atoms. The van der Waals surface area contributed by atoms with Gasteiger partial charge in [-0.15, -0.1) is 0 Å². The van der Waals surface area contributed by atoms with Crippen LogP contribution in [0, 0.1) is 0 Å². The molecule has 1 amide bonds. The van der Waals surface area contributed by atoms with Gasteiger partial charge in [0.15, 0.2) is 0 Å². The van der Waals surface area contributed by atoms with Crippen LogP contribution in [0.5, 0.6) is 0 Å². The Kier molecular flexibility index (Phi) is 5.05. The van der Waals surface area contributed by atoms with Gasteiger partial charge in [-0.25, -0.2) is 4.79 Å². The molecule has 0 aromatic heterocycles. The summed E-state index contributed by atoms with van der Waals surface area (Å²) >= 11 is 12.0. The van der Waals surface area contributed by atoms with E-state index in [1.54, 1.807) is 25.1 Å². The number of carbonyl (C=O) groups is 1. The fourth-order valence-corrected chi connectivity index (χ4v) is 1.97. The molecule has 0 saturated heterocycles. The molecule has 6 heteroatoms. The van der Waals surface area contributed by atoms with Crippen LogP contribution in [0.2, 0.25) is 10.0 Å². The molecule has 0 aliphatic rings. The van der Waals surface area contributed by atoms with Gasteiger partial charge in [0, 0.05) is 12.7 Å². The quantitative estimate of drug-likeness (QED) is 0.920. The van der Waals surface area contributed by atoms with E-state index < -0.39 is 18.3 Å². The molecule has 0 radical (unpaired) electrons. The Bertz CT molecular complexity index is 412. The van der Waals surface area contributed by atoms with Gasteiger partial charge in [0.1, 0.15) is 12.2 Å². The zero-order valence-corrected chi connectivity index (χ0v) is 11.0. The molecule has 2 atom stereocenters. The number of amides is 1. The number of rotatable bonds is 4. The summed E-state index contributed by atoms with van der Waals surface area (Å²) in [4.78, 5) is 10.7. The topological polar surface area (TPSA) is 61.6 Å². The maximum absolute atomic E-state index is 10.7. The first-order chi connectivity index (χ1) is 7.97. The predicted molar refractivity (Wildman–Crippen MR) is 66.3 cm³/mol. The van der Waals surface area contributed by atoms with Crippen LogP contribution < -0.4 is 5.73 Å². The van der Waals surface area contributed by atoms with Gasteiger partial charge >= 0.3 is 6.09 Å². The van der Waals surface area contributed by atoms with Gasteiger partial charge in [0.2, 0.25) is 0 Å². The minimum Gasteiger partial charge on any atom is -0.444 e. The highest BCUT2D eigenvalue weighted by molar-refractivity contribution is 6.42. The van der Waals surface area contributed by atoms with Crippen molar-refractivity contribution in [3.05, 3.63) is 33.8 Å². The zero-order valence-electron chi connectivity index (χ0n) is 9.44. The number of benzene rings is 1. The van der Waals surface area contributed by atoms with E-state index in [1.165, 1.54) is 7.11 Å². The summed E-state index contributed by atoms with van der Waals surface area (Å²) in [6.07, 6.45) is -1.94. The maximum atomic E-state index is 10.7. The van der Waals surface area contributed by atoms with Crippen LogP contribution in [0.4, 0.5) is 4.79 Å². The Balaban J connectivity index is 3.01. The monoisotopic (exact) mass is 277 g/mol. The highest BCUT2D eigenvalue weighted by Crippen LogP contribution is 2.33. The summed E-state index contributed by atoms with van der Waals surface area (Å²) in [5.41, 5.74) is 5.60. The summed E-state index contributed by atoms with van der Waals surface area (Å²) in [5, 5.41) is 0.790. The van der Waals surface area contributed by atoms with E-state index in [2.05, 4.69) is 0 Å². The smallest absolute Gasteiger partial charge is 0.404 e. The van der Waals surface area contributed by atoms with Crippen molar-refractivity contribution in [3.8, 4) is 0 Å². The average molecular weight is 278 g/mol. The maximum Gasteiger partial charge on any atom is 0.404 e. The fourth-order valence-electron chi connectivity index (χ4n) is 1.56. The van der Waals surface area contributed by atoms with Crippen molar-refractivity contribution < 1.29 is 14.3 Å². The standard InChI is InChI=1S/C11H13Cl2NO3/c1-6(17-11(14)15)10(16-2)7-4-3-5-8(12)9(7)13/h3-6,10H,1-2H3,(H2,14,15). The highest BCUT2D eigenvalue weighted by Gasteiger charge is 2.24. The van der Waals surface area contributed by atoms with Crippen molar-refractivity contribution >= 4 is 29.3 Å². The number of hydrogen-bond acceptors (Lipinski definition) is 3. The van der Waals surface area contributed by atoms with E-state index in [0.717, 1.165) is 0 Å². The second-order valence-electron chi connectivity index (χ2n) is 3.44. The number of carbonyl (C=O) groups excluding carboxylic acids is 1. The van der Waals surface area contributed by atoms with Gasteiger partial charge in [-0.2, -0.15) is 0 Å². The summed E-state index contributed by atoms with van der Waals surface area (Å²) in [7, 11) is 1.49. The number of ether oxygens (including phenoxy) is 2. The third-order valence-corrected chi connectivity index (χ3v) is 3.10. The summed E-state index contributed by atoms with van der Waals surface area (Å²) in [6.45, 7) is 1.66. The number of nitrogens with two attached hydrogens (primary N) is 1. The van der Waals surface area contributed by atoms with Crippen molar-refractivity contribution in [2.24, 2.45) is 5.73 Å². The van der Waals surface area contributed by atoms with E-state index in [9.17, 15) is 4.79 Å². The van der Waals surface area contributed by atoms with Crippen molar-refractivity contribution in [3.63, 3.8) is 0 Å².